The zero-order valence-corrected chi connectivity index (χ0v) is 30.5. The van der Waals surface area contributed by atoms with E-state index in [9.17, 15) is 24.3 Å². The van der Waals surface area contributed by atoms with Crippen LogP contribution < -0.4 is 21.3 Å². The third-order valence-electron chi connectivity index (χ3n) is 8.39. The summed E-state index contributed by atoms with van der Waals surface area (Å²) in [5.41, 5.74) is 0.156. The van der Waals surface area contributed by atoms with Crippen molar-refractivity contribution in [3.63, 3.8) is 0 Å². The Kier molecular flexibility index (Phi) is 16.1. The molecule has 0 aliphatic heterocycles. The predicted octanol–water partition coefficient (Wildman–Crippen LogP) is 4.09. The summed E-state index contributed by atoms with van der Waals surface area (Å²) in [6.07, 6.45) is 4.33. The second kappa shape index (κ2) is 18.9. The summed E-state index contributed by atoms with van der Waals surface area (Å²) < 4.78 is 5.38. The Hall–Kier alpha value is -3.44. The van der Waals surface area contributed by atoms with Gasteiger partial charge in [0.2, 0.25) is 17.7 Å². The maximum atomic E-state index is 13.5. The molecule has 11 nitrogen and oxygen atoms in total. The molecule has 48 heavy (non-hydrogen) atoms. The number of ether oxygens (including phenoxy) is 1. The Morgan fingerprint density at radius 3 is 2.17 bits per heavy atom. The van der Waals surface area contributed by atoms with Gasteiger partial charge >= 0.3 is 6.09 Å². The second-order valence-corrected chi connectivity index (χ2v) is 15.4. The van der Waals surface area contributed by atoms with Crippen molar-refractivity contribution >= 4 is 23.8 Å². The maximum Gasteiger partial charge on any atom is 0.408 e. The van der Waals surface area contributed by atoms with Crippen LogP contribution in [-0.2, 0) is 25.5 Å². The minimum Gasteiger partial charge on any atom is -0.444 e. The summed E-state index contributed by atoms with van der Waals surface area (Å²) in [5.74, 6) is -1.02. The number of benzene rings is 1. The summed E-state index contributed by atoms with van der Waals surface area (Å²) in [6.45, 7) is 16.1. The minimum absolute atomic E-state index is 0.00267. The average molecular weight is 672 g/mol. The van der Waals surface area contributed by atoms with Crippen molar-refractivity contribution in [1.29, 1.82) is 0 Å². The van der Waals surface area contributed by atoms with Gasteiger partial charge in [0.1, 0.15) is 17.7 Å². The van der Waals surface area contributed by atoms with Crippen LogP contribution in [0.5, 0.6) is 0 Å². The Labute approximate surface area is 288 Å². The van der Waals surface area contributed by atoms with Gasteiger partial charge in [-0.1, -0.05) is 82.9 Å². The van der Waals surface area contributed by atoms with Gasteiger partial charge in [-0.25, -0.2) is 4.79 Å². The smallest absolute Gasteiger partial charge is 0.408 e. The molecule has 0 unspecified atom stereocenters. The molecule has 1 aliphatic rings. The lowest BCUT2D eigenvalue weighted by Crippen LogP contribution is -2.56. The van der Waals surface area contributed by atoms with Gasteiger partial charge in [0.15, 0.2) is 0 Å². The topological polar surface area (TPSA) is 149 Å². The van der Waals surface area contributed by atoms with Crippen molar-refractivity contribution < 1.29 is 29.0 Å². The first-order valence-electron chi connectivity index (χ1n) is 17.3. The highest BCUT2D eigenvalue weighted by molar-refractivity contribution is 5.93. The number of nitrogens with zero attached hydrogens (tertiary/aromatic N) is 1. The molecule has 270 valence electrons. The number of aliphatic hydroxyl groups is 1. The van der Waals surface area contributed by atoms with Crippen LogP contribution in [-0.4, -0.2) is 90.8 Å². The lowest BCUT2D eigenvalue weighted by atomic mass is 9.83. The monoisotopic (exact) mass is 671 g/mol. The molecule has 0 saturated heterocycles. The largest absolute Gasteiger partial charge is 0.444 e. The maximum absolute atomic E-state index is 13.5. The van der Waals surface area contributed by atoms with Crippen LogP contribution in [0.25, 0.3) is 0 Å². The molecule has 0 bridgehead atoms. The first-order chi connectivity index (χ1) is 22.3. The van der Waals surface area contributed by atoms with Crippen LogP contribution in [0, 0.1) is 11.3 Å². The molecule has 2 rings (SSSR count). The normalized spacial score (nSPS) is 16.6. The van der Waals surface area contributed by atoms with Crippen LogP contribution in [0.1, 0.15) is 92.1 Å². The zero-order chi connectivity index (χ0) is 36.1. The molecule has 0 radical (unpaired) electrons. The summed E-state index contributed by atoms with van der Waals surface area (Å²) in [4.78, 5) is 54.5. The van der Waals surface area contributed by atoms with Gasteiger partial charge in [-0.3, -0.25) is 14.4 Å². The lowest BCUT2D eigenvalue weighted by Gasteiger charge is -2.32. The van der Waals surface area contributed by atoms with Crippen molar-refractivity contribution in [2.75, 3.05) is 27.2 Å². The Bertz CT molecular complexity index is 1210. The van der Waals surface area contributed by atoms with Crippen LogP contribution >= 0.6 is 0 Å². The third-order valence-corrected chi connectivity index (χ3v) is 8.39. The van der Waals surface area contributed by atoms with Gasteiger partial charge in [-0.15, -0.1) is 0 Å². The van der Waals surface area contributed by atoms with Crippen molar-refractivity contribution in [1.82, 2.24) is 26.2 Å². The van der Waals surface area contributed by atoms with Gasteiger partial charge in [0.25, 0.3) is 0 Å². The van der Waals surface area contributed by atoms with Crippen LogP contribution in [0.2, 0.25) is 0 Å². The highest BCUT2D eigenvalue weighted by atomic mass is 16.6. The molecule has 0 aromatic heterocycles. The number of hydrogen-bond acceptors (Lipinski definition) is 7. The summed E-state index contributed by atoms with van der Waals surface area (Å²) >= 11 is 0. The highest BCUT2D eigenvalue weighted by Crippen LogP contribution is 2.29. The van der Waals surface area contributed by atoms with Gasteiger partial charge in [-0.2, -0.15) is 0 Å². The summed E-state index contributed by atoms with van der Waals surface area (Å²) in [7, 11) is 3.96. The Morgan fingerprint density at radius 1 is 0.958 bits per heavy atom. The number of amides is 4. The first-order valence-corrected chi connectivity index (χ1v) is 17.3. The molecule has 4 amide bonds. The number of carbonyl (C=O) groups is 4. The molecular formula is C37H61N5O6. The van der Waals surface area contributed by atoms with Gasteiger partial charge in [-0.05, 0) is 65.1 Å². The van der Waals surface area contributed by atoms with E-state index in [1.54, 1.807) is 27.7 Å². The Balaban J connectivity index is 2.11. The molecule has 0 spiro atoms. The van der Waals surface area contributed by atoms with E-state index in [1.165, 1.54) is 6.42 Å². The number of hydrogen-bond donors (Lipinski definition) is 5. The number of aliphatic hydroxyl groups excluding tert-OH is 1. The molecule has 1 fully saturated rings. The third kappa shape index (κ3) is 15.6. The van der Waals surface area contributed by atoms with Crippen molar-refractivity contribution in [2.24, 2.45) is 11.3 Å². The fourth-order valence-electron chi connectivity index (χ4n) is 6.13. The average Bonchev–Trinajstić information content (AvgIpc) is 2.98. The fraction of sp³-hybridized carbons (Fsp3) is 0.676. The lowest BCUT2D eigenvalue weighted by molar-refractivity contribution is -0.130. The number of rotatable bonds is 17. The van der Waals surface area contributed by atoms with Crippen LogP contribution in [0.3, 0.4) is 0 Å². The molecular weight excluding hydrogens is 610 g/mol. The summed E-state index contributed by atoms with van der Waals surface area (Å²) in [5, 5.41) is 22.6. The van der Waals surface area contributed by atoms with Gasteiger partial charge in [0.05, 0.1) is 12.1 Å². The van der Waals surface area contributed by atoms with E-state index in [4.69, 9.17) is 4.74 Å². The molecule has 1 aliphatic carbocycles. The number of alkyl carbamates (subject to hydrolysis) is 1. The number of carbonyl (C=O) groups excluding carboxylic acids is 4. The molecule has 5 N–H and O–H groups in total. The van der Waals surface area contributed by atoms with E-state index in [0.29, 0.717) is 18.9 Å². The van der Waals surface area contributed by atoms with E-state index < -0.39 is 47.7 Å². The van der Waals surface area contributed by atoms with Crippen LogP contribution in [0.15, 0.2) is 42.5 Å². The van der Waals surface area contributed by atoms with Crippen molar-refractivity contribution in [3.8, 4) is 0 Å². The quantitative estimate of drug-likeness (QED) is 0.157. The molecule has 1 aromatic carbocycles. The molecule has 0 heterocycles. The highest BCUT2D eigenvalue weighted by Gasteiger charge is 2.31. The fourth-order valence-corrected chi connectivity index (χ4v) is 6.13. The molecule has 1 aromatic rings. The van der Waals surface area contributed by atoms with E-state index >= 15 is 0 Å². The van der Waals surface area contributed by atoms with Gasteiger partial charge < -0.3 is 36.0 Å². The van der Waals surface area contributed by atoms with Crippen molar-refractivity contribution in [2.45, 2.75) is 123 Å². The number of nitrogens with one attached hydrogen (secondary N) is 4. The standard InChI is InChI=1S/C37H61N5O6/c1-25(32(44)38-23-37(6,7)24-42(8)9)20-31(43)29(21-27-16-12-10-13-17-27)40-33(45)26(2)39-34(46)30(22-28-18-14-11-15-19-28)41-35(47)48-36(3,4)5/h11,14-15,18-19,26-27,29-31,43H,1,10,12-13,16-17,20-24H2,2-9H3,(H,38,44)(H,39,46)(H,40,45)(H,41,47)/t26-,29-,30-,31-/m0/s1. The first kappa shape index (κ1) is 40.7. The molecule has 1 saturated carbocycles. The van der Waals surface area contributed by atoms with Crippen molar-refractivity contribution in [3.05, 3.63) is 48.0 Å². The predicted molar refractivity (Wildman–Crippen MR) is 189 cm³/mol. The van der Waals surface area contributed by atoms with Gasteiger partial charge in [0, 0.05) is 31.5 Å². The van der Waals surface area contributed by atoms with E-state index in [-0.39, 0.29) is 29.7 Å². The van der Waals surface area contributed by atoms with E-state index in [2.05, 4.69) is 46.6 Å². The van der Waals surface area contributed by atoms with E-state index in [1.807, 2.05) is 44.4 Å². The molecule has 4 atom stereocenters. The minimum atomic E-state index is -1.05. The van der Waals surface area contributed by atoms with Crippen LogP contribution in [0.4, 0.5) is 4.79 Å². The summed E-state index contributed by atoms with van der Waals surface area (Å²) in [6, 6.07) is 6.64. The SMILES string of the molecule is C=C(C[C@H](O)[C@H](CC1CCCCC1)NC(=O)[C@H](C)NC(=O)[C@H](Cc1ccccc1)NC(=O)OC(C)(C)C)C(=O)NCC(C)(C)CN(C)C. The zero-order valence-electron chi connectivity index (χ0n) is 30.5. The van der Waals surface area contributed by atoms with E-state index in [0.717, 1.165) is 37.8 Å². The second-order valence-electron chi connectivity index (χ2n) is 15.4. The Morgan fingerprint density at radius 2 is 1.58 bits per heavy atom. The molecule has 11 heteroatoms.